The Labute approximate surface area is 150 Å². The molecule has 0 radical (unpaired) electrons. The van der Waals surface area contributed by atoms with Gasteiger partial charge in [-0.05, 0) is 48.9 Å². The molecule has 2 unspecified atom stereocenters. The Morgan fingerprint density at radius 2 is 1.40 bits per heavy atom. The van der Waals surface area contributed by atoms with Gasteiger partial charge in [-0.1, -0.05) is 60.7 Å². The second-order valence-corrected chi connectivity index (χ2v) is 7.45. The van der Waals surface area contributed by atoms with Crippen LogP contribution < -0.4 is 5.32 Å². The molecule has 2 atom stereocenters. The third-order valence-corrected chi connectivity index (χ3v) is 5.99. The summed E-state index contributed by atoms with van der Waals surface area (Å²) < 4.78 is 0. The van der Waals surface area contributed by atoms with E-state index in [0.717, 1.165) is 24.2 Å². The lowest BCUT2D eigenvalue weighted by molar-refractivity contribution is -0.134. The maximum atomic E-state index is 13.6. The lowest BCUT2D eigenvalue weighted by Gasteiger charge is -2.39. The molecular weight excluding hydrogens is 308 g/mol. The van der Waals surface area contributed by atoms with Crippen LogP contribution in [0.5, 0.6) is 0 Å². The van der Waals surface area contributed by atoms with E-state index in [0.29, 0.717) is 17.9 Å². The zero-order valence-electron chi connectivity index (χ0n) is 14.8. The topological polar surface area (TPSA) is 32.3 Å². The molecule has 2 bridgehead atoms. The Hall–Kier alpha value is -2.13. The predicted octanol–water partition coefficient (Wildman–Crippen LogP) is 3.27. The van der Waals surface area contributed by atoms with Gasteiger partial charge in [0.05, 0.1) is 5.92 Å². The number of nitrogens with one attached hydrogen (secondary N) is 1. The van der Waals surface area contributed by atoms with Gasteiger partial charge in [-0.25, -0.2) is 0 Å². The Kier molecular flexibility index (Phi) is 4.58. The molecule has 1 saturated carbocycles. The number of piperidine rings is 1. The van der Waals surface area contributed by atoms with Crippen molar-refractivity contribution in [2.75, 3.05) is 20.1 Å². The number of amides is 1. The molecule has 0 aromatic heterocycles. The van der Waals surface area contributed by atoms with Gasteiger partial charge < -0.3 is 10.2 Å². The number of carbonyl (C=O) groups is 1. The van der Waals surface area contributed by atoms with Crippen LogP contribution in [0.15, 0.2) is 60.7 Å². The molecule has 1 heterocycles. The van der Waals surface area contributed by atoms with E-state index in [-0.39, 0.29) is 11.8 Å². The first-order chi connectivity index (χ1) is 12.3. The average molecular weight is 334 g/mol. The summed E-state index contributed by atoms with van der Waals surface area (Å²) in [6.45, 7) is 2.08. The minimum absolute atomic E-state index is 0.221. The summed E-state index contributed by atoms with van der Waals surface area (Å²) in [7, 11) is 2.02. The van der Waals surface area contributed by atoms with Crippen molar-refractivity contribution in [1.82, 2.24) is 10.2 Å². The van der Waals surface area contributed by atoms with E-state index in [4.69, 9.17) is 0 Å². The van der Waals surface area contributed by atoms with E-state index in [1.807, 2.05) is 43.4 Å². The van der Waals surface area contributed by atoms with Crippen molar-refractivity contribution in [3.63, 3.8) is 0 Å². The second kappa shape index (κ2) is 7.01. The van der Waals surface area contributed by atoms with E-state index in [1.54, 1.807) is 0 Å². The third kappa shape index (κ3) is 3.09. The van der Waals surface area contributed by atoms with Gasteiger partial charge in [-0.2, -0.15) is 0 Å². The quantitative estimate of drug-likeness (QED) is 0.931. The highest BCUT2D eigenvalue weighted by Gasteiger charge is 2.43. The van der Waals surface area contributed by atoms with Crippen molar-refractivity contribution in [2.45, 2.75) is 24.8 Å². The normalized spacial score (nSPS) is 25.1. The van der Waals surface area contributed by atoms with Crippen molar-refractivity contribution >= 4 is 5.91 Å². The molecule has 1 aliphatic heterocycles. The van der Waals surface area contributed by atoms with E-state index in [9.17, 15) is 4.79 Å². The fourth-order valence-corrected chi connectivity index (χ4v) is 4.81. The third-order valence-electron chi connectivity index (χ3n) is 5.99. The molecule has 0 spiro atoms. The molecule has 1 amide bonds. The van der Waals surface area contributed by atoms with Crippen LogP contribution in [0.4, 0.5) is 0 Å². The van der Waals surface area contributed by atoms with Crippen molar-refractivity contribution in [3.8, 4) is 0 Å². The van der Waals surface area contributed by atoms with Crippen LogP contribution in [-0.2, 0) is 4.79 Å². The van der Waals surface area contributed by atoms with Gasteiger partial charge in [0.15, 0.2) is 0 Å². The zero-order valence-corrected chi connectivity index (χ0v) is 14.8. The minimum Gasteiger partial charge on any atom is -0.341 e. The molecule has 2 aliphatic rings. The van der Waals surface area contributed by atoms with E-state index in [2.05, 4.69) is 34.5 Å². The Morgan fingerprint density at radius 3 is 1.88 bits per heavy atom. The standard InChI is InChI=1S/C22H26N2O/c1-24(21-18-12-13-19(21)15-23-14-18)22(25)20(16-8-4-2-5-9-16)17-10-6-3-7-11-17/h2-11,18-21,23H,12-15H2,1H3. The number of carbonyl (C=O) groups excluding carboxylic acids is 1. The predicted molar refractivity (Wildman–Crippen MR) is 100 cm³/mol. The fraction of sp³-hybridized carbons (Fsp3) is 0.409. The molecular formula is C22H26N2O. The van der Waals surface area contributed by atoms with Crippen molar-refractivity contribution in [3.05, 3.63) is 71.8 Å². The number of likely N-dealkylation sites (N-methyl/N-ethyl adjacent to an activating group) is 1. The van der Waals surface area contributed by atoms with Gasteiger partial charge in [-0.3, -0.25) is 4.79 Å². The van der Waals surface area contributed by atoms with Crippen LogP contribution in [0.1, 0.15) is 29.9 Å². The molecule has 2 fully saturated rings. The highest BCUT2D eigenvalue weighted by molar-refractivity contribution is 5.87. The van der Waals surface area contributed by atoms with Gasteiger partial charge in [0, 0.05) is 13.1 Å². The molecule has 1 aliphatic carbocycles. The largest absolute Gasteiger partial charge is 0.341 e. The number of hydrogen-bond acceptors (Lipinski definition) is 2. The minimum atomic E-state index is -0.221. The van der Waals surface area contributed by atoms with Crippen LogP contribution in [0.2, 0.25) is 0 Å². The molecule has 2 aromatic rings. The maximum Gasteiger partial charge on any atom is 0.234 e. The summed E-state index contributed by atoms with van der Waals surface area (Å²) in [6, 6.07) is 20.8. The summed E-state index contributed by atoms with van der Waals surface area (Å²) in [5.74, 6) is 1.20. The van der Waals surface area contributed by atoms with E-state index in [1.165, 1.54) is 12.8 Å². The Bertz CT molecular complexity index is 660. The van der Waals surface area contributed by atoms with Gasteiger partial charge >= 0.3 is 0 Å². The van der Waals surface area contributed by atoms with Crippen molar-refractivity contribution in [2.24, 2.45) is 11.8 Å². The molecule has 4 rings (SSSR count). The molecule has 1 N–H and O–H groups in total. The first-order valence-corrected chi connectivity index (χ1v) is 9.33. The van der Waals surface area contributed by atoms with Crippen LogP contribution >= 0.6 is 0 Å². The number of hydrogen-bond donors (Lipinski definition) is 1. The number of fused-ring (bicyclic) bond motifs is 2. The van der Waals surface area contributed by atoms with Gasteiger partial charge in [-0.15, -0.1) is 0 Å². The molecule has 25 heavy (non-hydrogen) atoms. The SMILES string of the molecule is CN(C(=O)C(c1ccccc1)c1ccccc1)C1C2CCC1CNC2. The van der Waals surface area contributed by atoms with Crippen LogP contribution in [-0.4, -0.2) is 37.0 Å². The van der Waals surface area contributed by atoms with Crippen LogP contribution in [0.25, 0.3) is 0 Å². The highest BCUT2D eigenvalue weighted by atomic mass is 16.2. The summed E-state index contributed by atoms with van der Waals surface area (Å²) >= 11 is 0. The van der Waals surface area contributed by atoms with Gasteiger partial charge in [0.25, 0.3) is 0 Å². The first-order valence-electron chi connectivity index (χ1n) is 9.33. The summed E-state index contributed by atoms with van der Waals surface area (Å²) in [6.07, 6.45) is 2.47. The molecule has 130 valence electrons. The van der Waals surface area contributed by atoms with Gasteiger partial charge in [0.2, 0.25) is 5.91 Å². The second-order valence-electron chi connectivity index (χ2n) is 7.45. The zero-order chi connectivity index (χ0) is 17.2. The Balaban J connectivity index is 1.66. The van der Waals surface area contributed by atoms with Gasteiger partial charge in [0.1, 0.15) is 0 Å². The molecule has 2 aromatic carbocycles. The fourth-order valence-electron chi connectivity index (χ4n) is 4.81. The maximum absolute atomic E-state index is 13.6. The molecule has 1 saturated heterocycles. The monoisotopic (exact) mass is 334 g/mol. The smallest absolute Gasteiger partial charge is 0.234 e. The van der Waals surface area contributed by atoms with Crippen LogP contribution in [0, 0.1) is 11.8 Å². The van der Waals surface area contributed by atoms with Crippen molar-refractivity contribution < 1.29 is 4.79 Å². The lowest BCUT2D eigenvalue weighted by Crippen LogP contribution is -2.52. The first kappa shape index (κ1) is 16.3. The Morgan fingerprint density at radius 1 is 0.920 bits per heavy atom. The molecule has 3 heteroatoms. The highest BCUT2D eigenvalue weighted by Crippen LogP contribution is 2.38. The number of benzene rings is 2. The van der Waals surface area contributed by atoms with Crippen molar-refractivity contribution in [1.29, 1.82) is 0 Å². The van der Waals surface area contributed by atoms with E-state index < -0.39 is 0 Å². The average Bonchev–Trinajstić information content (AvgIpc) is 2.91. The summed E-state index contributed by atoms with van der Waals surface area (Å²) in [5.41, 5.74) is 2.15. The number of rotatable bonds is 4. The molecule has 3 nitrogen and oxygen atoms in total. The summed E-state index contributed by atoms with van der Waals surface area (Å²) in [5, 5.41) is 3.53. The summed E-state index contributed by atoms with van der Waals surface area (Å²) in [4.78, 5) is 15.6. The van der Waals surface area contributed by atoms with Crippen LogP contribution in [0.3, 0.4) is 0 Å². The lowest BCUT2D eigenvalue weighted by atomic mass is 9.87. The number of nitrogens with zero attached hydrogens (tertiary/aromatic N) is 1. The van der Waals surface area contributed by atoms with E-state index >= 15 is 0 Å².